The zero-order chi connectivity index (χ0) is 17.5. The van der Waals surface area contributed by atoms with Crippen LogP contribution >= 0.6 is 0 Å². The molecule has 1 aromatic carbocycles. The zero-order valence-electron chi connectivity index (χ0n) is 14.0. The molecule has 0 aromatic heterocycles. The Hall–Kier alpha value is -1.73. The number of nitrogens with zero attached hydrogens (tertiary/aromatic N) is 2. The number of fused-ring (bicyclic) bond motifs is 1. The second kappa shape index (κ2) is 6.29. The Bertz CT molecular complexity index is 780. The van der Waals surface area contributed by atoms with Gasteiger partial charge in [0.05, 0.1) is 11.9 Å². The minimum absolute atomic E-state index is 0.000698. The van der Waals surface area contributed by atoms with E-state index in [0.717, 1.165) is 5.56 Å². The van der Waals surface area contributed by atoms with Gasteiger partial charge in [-0.1, -0.05) is 11.6 Å². The molecule has 3 rings (SSSR count). The summed E-state index contributed by atoms with van der Waals surface area (Å²) in [6, 6.07) is 5.58. The third-order valence-electron chi connectivity index (χ3n) is 4.84. The SMILES string of the molecule is Cc1ccc2c(c1)C(=O)CCN2C(=O)C1CCN(S(C)(=O)=O)CC1. The van der Waals surface area contributed by atoms with Crippen LogP contribution in [0, 0.1) is 12.8 Å². The van der Waals surface area contributed by atoms with E-state index < -0.39 is 10.0 Å². The minimum Gasteiger partial charge on any atom is -0.311 e. The van der Waals surface area contributed by atoms with Gasteiger partial charge in [0.15, 0.2) is 5.78 Å². The van der Waals surface area contributed by atoms with Crippen LogP contribution in [0.3, 0.4) is 0 Å². The number of hydrogen-bond donors (Lipinski definition) is 0. The lowest BCUT2D eigenvalue weighted by Crippen LogP contribution is -2.46. The maximum atomic E-state index is 12.9. The minimum atomic E-state index is -3.20. The van der Waals surface area contributed by atoms with Crippen molar-refractivity contribution >= 4 is 27.4 Å². The van der Waals surface area contributed by atoms with E-state index in [2.05, 4.69) is 0 Å². The van der Waals surface area contributed by atoms with Gasteiger partial charge in [-0.2, -0.15) is 0 Å². The molecule has 0 saturated carbocycles. The highest BCUT2D eigenvalue weighted by Gasteiger charge is 2.34. The summed E-state index contributed by atoms with van der Waals surface area (Å²) < 4.78 is 24.6. The van der Waals surface area contributed by atoms with Gasteiger partial charge < -0.3 is 4.90 Å². The van der Waals surface area contributed by atoms with Crippen LogP contribution in [0.15, 0.2) is 18.2 Å². The molecule has 130 valence electrons. The Balaban J connectivity index is 1.78. The van der Waals surface area contributed by atoms with Crippen molar-refractivity contribution in [1.29, 1.82) is 0 Å². The maximum Gasteiger partial charge on any atom is 0.230 e. The van der Waals surface area contributed by atoms with E-state index in [9.17, 15) is 18.0 Å². The van der Waals surface area contributed by atoms with Gasteiger partial charge in [0.1, 0.15) is 0 Å². The number of carbonyl (C=O) groups excluding carboxylic acids is 2. The topological polar surface area (TPSA) is 74.8 Å². The summed E-state index contributed by atoms with van der Waals surface area (Å²) in [5, 5.41) is 0. The molecule has 1 saturated heterocycles. The lowest BCUT2D eigenvalue weighted by atomic mass is 9.93. The van der Waals surface area contributed by atoms with E-state index in [4.69, 9.17) is 0 Å². The van der Waals surface area contributed by atoms with Gasteiger partial charge in [-0.15, -0.1) is 0 Å². The third-order valence-corrected chi connectivity index (χ3v) is 6.15. The van der Waals surface area contributed by atoms with Crippen LogP contribution in [0.4, 0.5) is 5.69 Å². The molecule has 0 spiro atoms. The predicted molar refractivity (Wildman–Crippen MR) is 91.6 cm³/mol. The number of hydrogen-bond acceptors (Lipinski definition) is 4. The van der Waals surface area contributed by atoms with E-state index in [1.54, 1.807) is 4.90 Å². The molecule has 6 nitrogen and oxygen atoms in total. The van der Waals surface area contributed by atoms with Crippen LogP contribution in [0.1, 0.15) is 35.2 Å². The van der Waals surface area contributed by atoms with E-state index in [0.29, 0.717) is 50.1 Å². The van der Waals surface area contributed by atoms with Gasteiger partial charge in [0.25, 0.3) is 0 Å². The summed E-state index contributed by atoms with van der Waals surface area (Å²) in [6.45, 7) is 3.08. The van der Waals surface area contributed by atoms with E-state index in [1.165, 1.54) is 10.6 Å². The number of piperidine rings is 1. The van der Waals surface area contributed by atoms with Crippen LogP contribution < -0.4 is 4.90 Å². The van der Waals surface area contributed by atoms with Crippen molar-refractivity contribution in [3.63, 3.8) is 0 Å². The number of amides is 1. The summed E-state index contributed by atoms with van der Waals surface area (Å²) in [4.78, 5) is 26.7. The first-order chi connectivity index (χ1) is 11.3. The fraction of sp³-hybridized carbons (Fsp3) is 0.529. The molecule has 0 bridgehead atoms. The van der Waals surface area contributed by atoms with Crippen molar-refractivity contribution in [2.75, 3.05) is 30.8 Å². The number of ketones is 1. The number of aryl methyl sites for hydroxylation is 1. The Morgan fingerprint density at radius 1 is 1.17 bits per heavy atom. The fourth-order valence-electron chi connectivity index (χ4n) is 3.46. The van der Waals surface area contributed by atoms with Crippen molar-refractivity contribution in [3.05, 3.63) is 29.3 Å². The summed E-state index contributed by atoms with van der Waals surface area (Å²) >= 11 is 0. The summed E-state index contributed by atoms with van der Waals surface area (Å²) in [5.41, 5.74) is 2.30. The van der Waals surface area contributed by atoms with E-state index >= 15 is 0 Å². The van der Waals surface area contributed by atoms with Crippen molar-refractivity contribution in [2.45, 2.75) is 26.2 Å². The first kappa shape index (κ1) is 17.1. The third kappa shape index (κ3) is 3.23. The monoisotopic (exact) mass is 350 g/mol. The van der Waals surface area contributed by atoms with Gasteiger partial charge in [0, 0.05) is 37.5 Å². The van der Waals surface area contributed by atoms with Crippen LogP contribution in [0.25, 0.3) is 0 Å². The number of benzene rings is 1. The summed E-state index contributed by atoms with van der Waals surface area (Å²) in [7, 11) is -3.20. The van der Waals surface area contributed by atoms with Gasteiger partial charge in [-0.05, 0) is 31.9 Å². The van der Waals surface area contributed by atoms with Crippen molar-refractivity contribution in [2.24, 2.45) is 5.92 Å². The number of carbonyl (C=O) groups is 2. The van der Waals surface area contributed by atoms with Crippen molar-refractivity contribution in [3.8, 4) is 0 Å². The van der Waals surface area contributed by atoms with Gasteiger partial charge >= 0.3 is 0 Å². The molecule has 7 heteroatoms. The Morgan fingerprint density at radius 3 is 2.46 bits per heavy atom. The molecule has 0 unspecified atom stereocenters. The van der Waals surface area contributed by atoms with Crippen molar-refractivity contribution in [1.82, 2.24) is 4.31 Å². The van der Waals surface area contributed by atoms with Crippen LogP contribution in [-0.4, -0.2) is 50.3 Å². The number of sulfonamides is 1. The highest BCUT2D eigenvalue weighted by Crippen LogP contribution is 2.31. The molecule has 0 radical (unpaired) electrons. The second-order valence-corrected chi connectivity index (χ2v) is 8.60. The first-order valence-corrected chi connectivity index (χ1v) is 10.0. The molecule has 2 heterocycles. The molecule has 0 N–H and O–H groups in total. The molecular weight excluding hydrogens is 328 g/mol. The first-order valence-electron chi connectivity index (χ1n) is 8.18. The zero-order valence-corrected chi connectivity index (χ0v) is 14.8. The lowest BCUT2D eigenvalue weighted by Gasteiger charge is -2.35. The Labute approximate surface area is 142 Å². The highest BCUT2D eigenvalue weighted by atomic mass is 32.2. The second-order valence-electron chi connectivity index (χ2n) is 6.62. The largest absolute Gasteiger partial charge is 0.311 e. The number of anilines is 1. The van der Waals surface area contributed by atoms with Gasteiger partial charge in [-0.3, -0.25) is 9.59 Å². The summed E-state index contributed by atoms with van der Waals surface area (Å²) in [6.07, 6.45) is 2.59. The van der Waals surface area contributed by atoms with Gasteiger partial charge in [-0.25, -0.2) is 12.7 Å². The molecule has 0 aliphatic carbocycles. The molecule has 2 aliphatic rings. The Morgan fingerprint density at radius 2 is 1.83 bits per heavy atom. The molecule has 0 atom stereocenters. The van der Waals surface area contributed by atoms with E-state index in [-0.39, 0.29) is 17.6 Å². The van der Waals surface area contributed by atoms with E-state index in [1.807, 2.05) is 25.1 Å². The molecule has 24 heavy (non-hydrogen) atoms. The lowest BCUT2D eigenvalue weighted by molar-refractivity contribution is -0.123. The van der Waals surface area contributed by atoms with Crippen LogP contribution in [0.5, 0.6) is 0 Å². The molecule has 1 amide bonds. The van der Waals surface area contributed by atoms with Crippen LogP contribution in [-0.2, 0) is 14.8 Å². The smallest absolute Gasteiger partial charge is 0.230 e. The predicted octanol–water partition coefficient (Wildman–Crippen LogP) is 1.59. The Kier molecular flexibility index (Phi) is 4.48. The normalized spacial score (nSPS) is 20.1. The fourth-order valence-corrected chi connectivity index (χ4v) is 4.33. The average molecular weight is 350 g/mol. The molecule has 1 fully saturated rings. The quantitative estimate of drug-likeness (QED) is 0.812. The standard InChI is InChI=1S/C17H22N2O4S/c1-12-3-4-15-14(11-12)16(20)7-10-19(15)17(21)13-5-8-18(9-6-13)24(2,22)23/h3-4,11,13H,5-10H2,1-2H3. The summed E-state index contributed by atoms with van der Waals surface area (Å²) in [5.74, 6) is -0.115. The number of Topliss-reactive ketones (excluding diaryl/α,β-unsaturated/α-hetero) is 1. The highest BCUT2D eigenvalue weighted by molar-refractivity contribution is 7.88. The molecular formula is C17H22N2O4S. The maximum absolute atomic E-state index is 12.9. The molecule has 1 aromatic rings. The molecule has 2 aliphatic heterocycles. The average Bonchev–Trinajstić information content (AvgIpc) is 2.54. The van der Waals surface area contributed by atoms with Gasteiger partial charge in [0.2, 0.25) is 15.9 Å². The van der Waals surface area contributed by atoms with Crippen LogP contribution in [0.2, 0.25) is 0 Å². The van der Waals surface area contributed by atoms with Crippen molar-refractivity contribution < 1.29 is 18.0 Å². The number of rotatable bonds is 2.